The Balaban J connectivity index is 2.02. The highest BCUT2D eigenvalue weighted by atomic mass is 32.1. The Morgan fingerprint density at radius 2 is 2.06 bits per heavy atom. The van der Waals surface area contributed by atoms with Gasteiger partial charge in [0.1, 0.15) is 0 Å². The highest BCUT2D eigenvalue weighted by molar-refractivity contribution is 7.09. The van der Waals surface area contributed by atoms with Gasteiger partial charge in [0, 0.05) is 24.0 Å². The summed E-state index contributed by atoms with van der Waals surface area (Å²) in [4.78, 5) is 4.59. The Morgan fingerprint density at radius 1 is 1.25 bits per heavy atom. The zero-order valence-corrected chi connectivity index (χ0v) is 10.2. The van der Waals surface area contributed by atoms with Crippen molar-refractivity contribution in [1.29, 1.82) is 0 Å². The van der Waals surface area contributed by atoms with E-state index in [-0.39, 0.29) is 0 Å². The van der Waals surface area contributed by atoms with Crippen LogP contribution in [0.4, 0.5) is 0 Å². The van der Waals surface area contributed by atoms with Crippen LogP contribution >= 0.6 is 11.3 Å². The van der Waals surface area contributed by atoms with Crippen LogP contribution in [-0.2, 0) is 11.2 Å². The molecule has 0 amide bonds. The van der Waals surface area contributed by atoms with Gasteiger partial charge >= 0.3 is 0 Å². The van der Waals surface area contributed by atoms with E-state index in [0.717, 1.165) is 30.3 Å². The molecule has 0 N–H and O–H groups in total. The van der Waals surface area contributed by atoms with Gasteiger partial charge in [0.15, 0.2) is 0 Å². The predicted molar refractivity (Wildman–Crippen MR) is 67.7 cm³/mol. The molecule has 0 atom stereocenters. The minimum absolute atomic E-state index is 0.762. The minimum Gasteiger partial charge on any atom is -0.381 e. The van der Waals surface area contributed by atoms with Gasteiger partial charge in [0.25, 0.3) is 0 Å². The maximum Gasteiger partial charge on any atom is 0.0955 e. The number of benzene rings is 1. The molecule has 0 saturated carbocycles. The monoisotopic (exact) mass is 233 g/mol. The van der Waals surface area contributed by atoms with Gasteiger partial charge < -0.3 is 4.74 Å². The average Bonchev–Trinajstić information content (AvgIpc) is 2.79. The van der Waals surface area contributed by atoms with Crippen LogP contribution in [0.5, 0.6) is 0 Å². The summed E-state index contributed by atoms with van der Waals surface area (Å²) >= 11 is 1.70. The number of hydrogen-bond donors (Lipinski definition) is 0. The largest absolute Gasteiger partial charge is 0.381 e. The second kappa shape index (κ2) is 5.77. The highest BCUT2D eigenvalue weighted by Gasteiger charge is 2.03. The van der Waals surface area contributed by atoms with Crippen molar-refractivity contribution in [3.8, 4) is 11.3 Å². The first-order valence-electron chi connectivity index (χ1n) is 5.47. The number of aromatic nitrogens is 1. The summed E-state index contributed by atoms with van der Waals surface area (Å²) in [6, 6.07) is 10.3. The van der Waals surface area contributed by atoms with Crippen molar-refractivity contribution < 1.29 is 4.74 Å². The minimum atomic E-state index is 0.762. The van der Waals surface area contributed by atoms with Crippen LogP contribution in [0.3, 0.4) is 0 Å². The fraction of sp³-hybridized carbons (Fsp3) is 0.308. The van der Waals surface area contributed by atoms with Crippen LogP contribution in [0.2, 0.25) is 0 Å². The van der Waals surface area contributed by atoms with Crippen LogP contribution in [0, 0.1) is 0 Å². The molecule has 3 heteroatoms. The van der Waals surface area contributed by atoms with E-state index in [1.54, 1.807) is 11.3 Å². The molecule has 2 nitrogen and oxygen atoms in total. The third kappa shape index (κ3) is 2.90. The first-order chi connectivity index (χ1) is 7.90. The molecule has 2 aromatic rings. The molecule has 0 aliphatic carbocycles. The smallest absolute Gasteiger partial charge is 0.0955 e. The molecule has 0 aliphatic heterocycles. The zero-order valence-electron chi connectivity index (χ0n) is 9.35. The van der Waals surface area contributed by atoms with Gasteiger partial charge in [-0.15, -0.1) is 11.3 Å². The van der Waals surface area contributed by atoms with Crippen LogP contribution in [-0.4, -0.2) is 18.2 Å². The van der Waals surface area contributed by atoms with Crippen LogP contribution in [0.1, 0.15) is 11.9 Å². The van der Waals surface area contributed by atoms with E-state index in [4.69, 9.17) is 4.74 Å². The predicted octanol–water partition coefficient (Wildman–Crippen LogP) is 3.39. The number of rotatable bonds is 5. The Bertz CT molecular complexity index is 425. The Kier molecular flexibility index (Phi) is 4.08. The van der Waals surface area contributed by atoms with Gasteiger partial charge in [0.2, 0.25) is 0 Å². The summed E-state index contributed by atoms with van der Waals surface area (Å²) < 4.78 is 5.32. The lowest BCUT2D eigenvalue weighted by atomic mass is 10.2. The van der Waals surface area contributed by atoms with Gasteiger partial charge in [-0.2, -0.15) is 0 Å². The quantitative estimate of drug-likeness (QED) is 0.738. The molecule has 1 aromatic heterocycles. The number of ether oxygens (including phenoxy) is 1. The van der Waals surface area contributed by atoms with E-state index in [0.29, 0.717) is 0 Å². The van der Waals surface area contributed by atoms with Crippen molar-refractivity contribution >= 4 is 11.3 Å². The lowest BCUT2D eigenvalue weighted by Crippen LogP contribution is -1.97. The van der Waals surface area contributed by atoms with E-state index in [9.17, 15) is 0 Å². The van der Waals surface area contributed by atoms with Crippen molar-refractivity contribution in [2.45, 2.75) is 13.3 Å². The summed E-state index contributed by atoms with van der Waals surface area (Å²) in [7, 11) is 0. The fourth-order valence-electron chi connectivity index (χ4n) is 1.47. The molecule has 0 unspecified atom stereocenters. The Labute approximate surface area is 99.9 Å². The van der Waals surface area contributed by atoms with Gasteiger partial charge in [0.05, 0.1) is 17.3 Å². The molecule has 0 fully saturated rings. The van der Waals surface area contributed by atoms with E-state index in [1.165, 1.54) is 5.56 Å². The van der Waals surface area contributed by atoms with Gasteiger partial charge in [-0.05, 0) is 6.92 Å². The van der Waals surface area contributed by atoms with Crippen molar-refractivity contribution in [3.05, 3.63) is 40.7 Å². The lowest BCUT2D eigenvalue weighted by Gasteiger charge is -1.97. The first kappa shape index (κ1) is 11.3. The third-order valence-corrected chi connectivity index (χ3v) is 3.19. The molecule has 84 valence electrons. The zero-order chi connectivity index (χ0) is 11.2. The molecule has 0 radical (unpaired) electrons. The van der Waals surface area contributed by atoms with Crippen molar-refractivity contribution in [3.63, 3.8) is 0 Å². The van der Waals surface area contributed by atoms with Gasteiger partial charge in [-0.3, -0.25) is 0 Å². The fourth-order valence-corrected chi connectivity index (χ4v) is 2.26. The molecule has 0 spiro atoms. The van der Waals surface area contributed by atoms with Gasteiger partial charge in [-0.1, -0.05) is 30.3 Å². The maximum atomic E-state index is 5.32. The third-order valence-electron chi connectivity index (χ3n) is 2.29. The van der Waals surface area contributed by atoms with Crippen LogP contribution < -0.4 is 0 Å². The lowest BCUT2D eigenvalue weighted by molar-refractivity contribution is 0.151. The first-order valence-corrected chi connectivity index (χ1v) is 6.35. The number of hydrogen-bond acceptors (Lipinski definition) is 3. The van der Waals surface area contributed by atoms with Crippen molar-refractivity contribution in [2.24, 2.45) is 0 Å². The van der Waals surface area contributed by atoms with Crippen molar-refractivity contribution in [1.82, 2.24) is 4.98 Å². The molecule has 16 heavy (non-hydrogen) atoms. The second-order valence-electron chi connectivity index (χ2n) is 3.44. The number of nitrogens with zero attached hydrogens (tertiary/aromatic N) is 1. The van der Waals surface area contributed by atoms with Gasteiger partial charge in [-0.25, -0.2) is 4.98 Å². The Hall–Kier alpha value is -1.19. The second-order valence-corrected chi connectivity index (χ2v) is 4.38. The van der Waals surface area contributed by atoms with Crippen molar-refractivity contribution in [2.75, 3.05) is 13.2 Å². The maximum absolute atomic E-state index is 5.32. The van der Waals surface area contributed by atoms with Crippen LogP contribution in [0.25, 0.3) is 11.3 Å². The normalized spacial score (nSPS) is 10.6. The van der Waals surface area contributed by atoms with E-state index < -0.39 is 0 Å². The molecule has 0 aliphatic rings. The molecule has 0 saturated heterocycles. The van der Waals surface area contributed by atoms with Crippen LogP contribution in [0.15, 0.2) is 35.7 Å². The van der Waals surface area contributed by atoms with E-state index >= 15 is 0 Å². The molecule has 1 heterocycles. The average molecular weight is 233 g/mol. The summed E-state index contributed by atoms with van der Waals surface area (Å²) in [6.07, 6.45) is 0.908. The Morgan fingerprint density at radius 3 is 2.81 bits per heavy atom. The summed E-state index contributed by atoms with van der Waals surface area (Å²) in [5, 5.41) is 3.25. The topological polar surface area (TPSA) is 22.1 Å². The molecular formula is C13H15NOS. The summed E-state index contributed by atoms with van der Waals surface area (Å²) in [5.74, 6) is 0. The standard InChI is InChI=1S/C13H15NOS/c1-2-15-9-8-13-14-12(10-16-13)11-6-4-3-5-7-11/h3-7,10H,2,8-9H2,1H3. The number of thiazole rings is 1. The molecule has 1 aromatic carbocycles. The SMILES string of the molecule is CCOCCc1nc(-c2ccccc2)cs1. The molecule has 0 bridgehead atoms. The van der Waals surface area contributed by atoms with E-state index in [1.807, 2.05) is 25.1 Å². The summed E-state index contributed by atoms with van der Waals surface area (Å²) in [5.41, 5.74) is 2.25. The molecule has 2 rings (SSSR count). The molecular weight excluding hydrogens is 218 g/mol. The highest BCUT2D eigenvalue weighted by Crippen LogP contribution is 2.21. The van der Waals surface area contributed by atoms with E-state index in [2.05, 4.69) is 22.5 Å². The summed E-state index contributed by atoms with van der Waals surface area (Å²) in [6.45, 7) is 3.55.